The Morgan fingerprint density at radius 1 is 1.57 bits per heavy atom. The molecule has 0 aliphatic heterocycles. The van der Waals surface area contributed by atoms with E-state index in [1.54, 1.807) is 24.8 Å². The van der Waals surface area contributed by atoms with Crippen LogP contribution < -0.4 is 0 Å². The van der Waals surface area contributed by atoms with E-state index < -0.39 is 10.1 Å². The van der Waals surface area contributed by atoms with Crippen LogP contribution in [-0.2, 0) is 10.1 Å². The average Bonchev–Trinajstić information content (AvgIpc) is 2.59. The maximum atomic E-state index is 10.0. The van der Waals surface area contributed by atoms with E-state index in [9.17, 15) is 8.42 Å². The molecule has 0 spiro atoms. The fourth-order valence-corrected chi connectivity index (χ4v) is 1.16. The van der Waals surface area contributed by atoms with E-state index in [1.807, 2.05) is 0 Å². The summed E-state index contributed by atoms with van der Waals surface area (Å²) in [5.41, 5.74) is 0. The smallest absolute Gasteiger partial charge is 0.264 e. The fourth-order valence-electron chi connectivity index (χ4n) is 0.625. The van der Waals surface area contributed by atoms with Gasteiger partial charge in [0.05, 0.1) is 12.1 Å². The number of nitrogens with one attached hydrogen (secondary N) is 1. The van der Waals surface area contributed by atoms with Crippen LogP contribution in [0.3, 0.4) is 0 Å². The largest absolute Gasteiger partial charge is 0.351 e. The molecule has 6 heteroatoms. The zero-order chi connectivity index (χ0) is 10.9. The lowest BCUT2D eigenvalue weighted by molar-refractivity contribution is 0.481. The minimum atomic E-state index is -3.74. The molecule has 0 unspecified atom stereocenters. The molecule has 1 heterocycles. The van der Waals surface area contributed by atoms with E-state index in [2.05, 4.69) is 16.5 Å². The topological polar surface area (TPSA) is 83.0 Å². The van der Waals surface area contributed by atoms with Crippen molar-refractivity contribution in [2.75, 3.05) is 5.75 Å². The van der Waals surface area contributed by atoms with Crippen molar-refractivity contribution < 1.29 is 13.0 Å². The Balaban J connectivity index is 0.000000280. The van der Waals surface area contributed by atoms with Gasteiger partial charge in [-0.25, -0.2) is 4.98 Å². The molecule has 80 valence electrons. The van der Waals surface area contributed by atoms with E-state index >= 15 is 0 Å². The zero-order valence-electron chi connectivity index (χ0n) is 7.76. The summed E-state index contributed by atoms with van der Waals surface area (Å²) in [7, 11) is -3.74. The van der Waals surface area contributed by atoms with E-state index in [4.69, 9.17) is 4.55 Å². The highest BCUT2D eigenvalue weighted by atomic mass is 32.2. The minimum absolute atomic E-state index is 0.168. The van der Waals surface area contributed by atoms with Gasteiger partial charge in [0.25, 0.3) is 10.1 Å². The summed E-state index contributed by atoms with van der Waals surface area (Å²) in [5.74, 6) is -0.168. The van der Waals surface area contributed by atoms with Gasteiger partial charge in [-0.15, -0.1) is 6.58 Å². The van der Waals surface area contributed by atoms with Gasteiger partial charge in [0.2, 0.25) is 0 Å². The zero-order valence-corrected chi connectivity index (χ0v) is 8.57. The Morgan fingerprint density at radius 3 is 2.57 bits per heavy atom. The molecule has 0 fully saturated rings. The molecule has 1 rings (SSSR count). The van der Waals surface area contributed by atoms with Gasteiger partial charge >= 0.3 is 0 Å². The lowest BCUT2D eigenvalue weighted by Crippen LogP contribution is -2.02. The summed E-state index contributed by atoms with van der Waals surface area (Å²) >= 11 is 0. The second-order valence-corrected chi connectivity index (χ2v) is 4.05. The molecular formula is C8H14N2O3S. The molecule has 5 nitrogen and oxygen atoms in total. The van der Waals surface area contributed by atoms with Gasteiger partial charge in [0, 0.05) is 12.4 Å². The molecule has 0 saturated carbocycles. The van der Waals surface area contributed by atoms with Crippen LogP contribution in [0.15, 0.2) is 31.4 Å². The van der Waals surface area contributed by atoms with Gasteiger partial charge in [0.1, 0.15) is 0 Å². The summed E-state index contributed by atoms with van der Waals surface area (Å²) in [5, 5.41) is 0. The lowest BCUT2D eigenvalue weighted by atomic mass is 10.3. The lowest BCUT2D eigenvalue weighted by Gasteiger charge is -1.91. The summed E-state index contributed by atoms with van der Waals surface area (Å²) in [6, 6.07) is 0. The Morgan fingerprint density at radius 2 is 2.29 bits per heavy atom. The number of imidazole rings is 1. The third kappa shape index (κ3) is 10.9. The number of allylic oxidation sites excluding steroid dienone is 1. The molecule has 0 aliphatic rings. The van der Waals surface area contributed by atoms with Gasteiger partial charge in [-0.05, 0) is 12.8 Å². The molecule has 0 aromatic carbocycles. The van der Waals surface area contributed by atoms with Crippen molar-refractivity contribution in [3.63, 3.8) is 0 Å². The molecule has 2 N–H and O–H groups in total. The average molecular weight is 218 g/mol. The van der Waals surface area contributed by atoms with E-state index in [-0.39, 0.29) is 5.75 Å². The summed E-state index contributed by atoms with van der Waals surface area (Å²) in [6.45, 7) is 3.40. The van der Waals surface area contributed by atoms with Gasteiger partial charge < -0.3 is 4.98 Å². The first-order chi connectivity index (χ1) is 6.56. The number of aromatic amines is 1. The SMILES string of the molecule is C=CCCCS(=O)(=O)O.c1c[nH]cn1. The van der Waals surface area contributed by atoms with E-state index in [0.717, 1.165) is 0 Å². The first kappa shape index (κ1) is 12.9. The van der Waals surface area contributed by atoms with Gasteiger partial charge in [-0.2, -0.15) is 8.42 Å². The number of nitrogens with zero attached hydrogens (tertiary/aromatic N) is 1. The standard InChI is InChI=1S/C5H10O3S.C3H4N2/c1-2-3-4-5-9(6,7)8;1-2-5-3-4-1/h2H,1,3-5H2,(H,6,7,8);1-3H,(H,4,5). The Kier molecular flexibility index (Phi) is 6.69. The Hall–Kier alpha value is -1.14. The van der Waals surface area contributed by atoms with Crippen molar-refractivity contribution in [2.24, 2.45) is 0 Å². The number of aromatic nitrogens is 2. The maximum Gasteiger partial charge on any atom is 0.264 e. The Labute approximate surface area is 83.6 Å². The molecule has 14 heavy (non-hydrogen) atoms. The van der Waals surface area contributed by atoms with Crippen molar-refractivity contribution >= 4 is 10.1 Å². The highest BCUT2D eigenvalue weighted by Crippen LogP contribution is 1.93. The predicted molar refractivity (Wildman–Crippen MR) is 54.4 cm³/mol. The summed E-state index contributed by atoms with van der Waals surface area (Å²) in [4.78, 5) is 6.42. The normalized spacial score (nSPS) is 10.1. The maximum absolute atomic E-state index is 10.0. The summed E-state index contributed by atoms with van der Waals surface area (Å²) < 4.78 is 28.2. The molecule has 0 aliphatic carbocycles. The van der Waals surface area contributed by atoms with Gasteiger partial charge in [-0.3, -0.25) is 4.55 Å². The van der Waals surface area contributed by atoms with Crippen molar-refractivity contribution in [2.45, 2.75) is 12.8 Å². The molecule has 0 bridgehead atoms. The van der Waals surface area contributed by atoms with Crippen molar-refractivity contribution in [1.29, 1.82) is 0 Å². The van der Waals surface area contributed by atoms with Crippen molar-refractivity contribution in [3.8, 4) is 0 Å². The molecule has 1 aromatic rings. The van der Waals surface area contributed by atoms with Crippen LogP contribution in [0.1, 0.15) is 12.8 Å². The number of unbranched alkanes of at least 4 members (excludes halogenated alkanes) is 1. The minimum Gasteiger partial charge on any atom is -0.351 e. The predicted octanol–water partition coefficient (Wildman–Crippen LogP) is 1.25. The quantitative estimate of drug-likeness (QED) is 0.452. The highest BCUT2D eigenvalue weighted by molar-refractivity contribution is 7.85. The number of hydrogen-bond acceptors (Lipinski definition) is 3. The van der Waals surface area contributed by atoms with Crippen LogP contribution >= 0.6 is 0 Å². The van der Waals surface area contributed by atoms with Crippen LogP contribution in [0.2, 0.25) is 0 Å². The van der Waals surface area contributed by atoms with Crippen LogP contribution in [0.5, 0.6) is 0 Å². The Bertz CT molecular complexity index is 301. The monoisotopic (exact) mass is 218 g/mol. The van der Waals surface area contributed by atoms with Crippen LogP contribution in [0.4, 0.5) is 0 Å². The third-order valence-electron chi connectivity index (χ3n) is 1.22. The third-order valence-corrected chi connectivity index (χ3v) is 2.02. The molecule has 1 aromatic heterocycles. The first-order valence-electron chi connectivity index (χ1n) is 4.05. The second-order valence-electron chi connectivity index (χ2n) is 2.48. The number of H-pyrrole nitrogens is 1. The first-order valence-corrected chi connectivity index (χ1v) is 5.66. The van der Waals surface area contributed by atoms with Crippen LogP contribution in [0, 0.1) is 0 Å². The van der Waals surface area contributed by atoms with Crippen LogP contribution in [0.25, 0.3) is 0 Å². The molecular weight excluding hydrogens is 204 g/mol. The van der Waals surface area contributed by atoms with Crippen LogP contribution in [-0.4, -0.2) is 28.7 Å². The van der Waals surface area contributed by atoms with Gasteiger partial charge in [0.15, 0.2) is 0 Å². The molecule has 0 radical (unpaired) electrons. The van der Waals surface area contributed by atoms with E-state index in [1.165, 1.54) is 0 Å². The number of rotatable bonds is 4. The molecule has 0 amide bonds. The number of hydrogen-bond donors (Lipinski definition) is 2. The van der Waals surface area contributed by atoms with Crippen molar-refractivity contribution in [3.05, 3.63) is 31.4 Å². The molecule has 0 atom stereocenters. The van der Waals surface area contributed by atoms with Gasteiger partial charge in [-0.1, -0.05) is 6.08 Å². The molecule has 0 saturated heterocycles. The van der Waals surface area contributed by atoms with E-state index in [0.29, 0.717) is 12.8 Å². The second kappa shape index (κ2) is 7.28. The fraction of sp³-hybridized carbons (Fsp3) is 0.375. The van der Waals surface area contributed by atoms with Crippen molar-refractivity contribution in [1.82, 2.24) is 9.97 Å². The highest BCUT2D eigenvalue weighted by Gasteiger charge is 2.00. The summed E-state index contributed by atoms with van der Waals surface area (Å²) in [6.07, 6.45) is 7.77.